The van der Waals surface area contributed by atoms with Gasteiger partial charge in [-0.2, -0.15) is 0 Å². The van der Waals surface area contributed by atoms with Gasteiger partial charge in [-0.3, -0.25) is 9.59 Å². The summed E-state index contributed by atoms with van der Waals surface area (Å²) in [5, 5.41) is 1.86. The zero-order chi connectivity index (χ0) is 18.0. The number of H-pyrrole nitrogens is 1. The first-order valence-corrected chi connectivity index (χ1v) is 8.78. The van der Waals surface area contributed by atoms with Gasteiger partial charge in [0.15, 0.2) is 5.78 Å². The fourth-order valence-electron chi connectivity index (χ4n) is 3.23. The second kappa shape index (κ2) is 7.05. The number of para-hydroxylation sites is 1. The molecule has 2 aromatic heterocycles. The van der Waals surface area contributed by atoms with E-state index in [1.165, 1.54) is 6.92 Å². The Labute approximate surface area is 147 Å². The molecule has 3 aromatic rings. The lowest BCUT2D eigenvalue weighted by Crippen LogP contribution is -2.33. The quantitative estimate of drug-likeness (QED) is 0.686. The van der Waals surface area contributed by atoms with Gasteiger partial charge >= 0.3 is 0 Å². The molecule has 0 unspecified atom stereocenters. The first kappa shape index (κ1) is 17.1. The van der Waals surface area contributed by atoms with Crippen molar-refractivity contribution in [3.63, 3.8) is 0 Å². The van der Waals surface area contributed by atoms with Crippen LogP contribution in [0.25, 0.3) is 21.8 Å². The predicted molar refractivity (Wildman–Crippen MR) is 100 cm³/mol. The van der Waals surface area contributed by atoms with Crippen molar-refractivity contribution < 1.29 is 9.59 Å². The summed E-state index contributed by atoms with van der Waals surface area (Å²) in [6.45, 7) is 6.96. The lowest BCUT2D eigenvalue weighted by Gasteiger charge is -2.21. The Hall–Kier alpha value is -2.69. The molecule has 0 spiro atoms. The van der Waals surface area contributed by atoms with Crippen LogP contribution >= 0.6 is 0 Å². The van der Waals surface area contributed by atoms with Crippen LogP contribution in [0.5, 0.6) is 0 Å². The molecular weight excluding hydrogens is 314 g/mol. The van der Waals surface area contributed by atoms with Crippen LogP contribution < -0.4 is 0 Å². The van der Waals surface area contributed by atoms with Crippen LogP contribution in [0.3, 0.4) is 0 Å². The molecule has 0 saturated carbocycles. The molecule has 0 fully saturated rings. The highest BCUT2D eigenvalue weighted by molar-refractivity contribution is 6.15. The van der Waals surface area contributed by atoms with Crippen molar-refractivity contribution in [2.24, 2.45) is 0 Å². The average Bonchev–Trinajstić information content (AvgIpc) is 2.98. The molecule has 1 N–H and O–H groups in total. The van der Waals surface area contributed by atoms with E-state index in [9.17, 15) is 9.59 Å². The number of Topliss-reactive ketones (excluding diaryl/α,β-unsaturated/α-hetero) is 1. The highest BCUT2D eigenvalue weighted by atomic mass is 16.2. The standard InChI is InChI=1S/C20H23N3O2/c1-4-10-23(11-5-2)20(25)17-12-15-14-8-6-7-9-16(14)21-19(15)18(22-17)13(3)24/h6-9,12,21H,4-5,10-11H2,1-3H3. The van der Waals surface area contributed by atoms with E-state index in [1.54, 1.807) is 6.07 Å². The summed E-state index contributed by atoms with van der Waals surface area (Å²) in [6.07, 6.45) is 1.78. The van der Waals surface area contributed by atoms with E-state index >= 15 is 0 Å². The van der Waals surface area contributed by atoms with Gasteiger partial charge in [-0.1, -0.05) is 32.0 Å². The minimum Gasteiger partial charge on any atom is -0.353 e. The van der Waals surface area contributed by atoms with Crippen LogP contribution in [0.15, 0.2) is 30.3 Å². The number of carbonyl (C=O) groups is 2. The number of amides is 1. The molecule has 130 valence electrons. The Balaban J connectivity index is 2.20. The summed E-state index contributed by atoms with van der Waals surface area (Å²) in [6, 6.07) is 9.64. The number of hydrogen-bond donors (Lipinski definition) is 1. The van der Waals surface area contributed by atoms with Gasteiger partial charge in [0.2, 0.25) is 0 Å². The summed E-state index contributed by atoms with van der Waals surface area (Å²) >= 11 is 0. The molecule has 1 amide bonds. The fourth-order valence-corrected chi connectivity index (χ4v) is 3.23. The number of fused-ring (bicyclic) bond motifs is 3. The van der Waals surface area contributed by atoms with Gasteiger partial charge in [-0.05, 0) is 25.0 Å². The van der Waals surface area contributed by atoms with Crippen LogP contribution in [0, 0.1) is 0 Å². The van der Waals surface area contributed by atoms with E-state index < -0.39 is 0 Å². The van der Waals surface area contributed by atoms with Crippen molar-refractivity contribution >= 4 is 33.5 Å². The SMILES string of the molecule is CCCN(CCC)C(=O)c1cc2c([nH]c3ccccc32)c(C(C)=O)n1. The van der Waals surface area contributed by atoms with Gasteiger partial charge in [0, 0.05) is 36.3 Å². The highest BCUT2D eigenvalue weighted by Gasteiger charge is 2.21. The van der Waals surface area contributed by atoms with E-state index in [-0.39, 0.29) is 11.7 Å². The van der Waals surface area contributed by atoms with E-state index in [1.807, 2.05) is 43.0 Å². The van der Waals surface area contributed by atoms with Crippen LogP contribution in [0.2, 0.25) is 0 Å². The Kier molecular flexibility index (Phi) is 4.83. The molecule has 3 rings (SSSR count). The smallest absolute Gasteiger partial charge is 0.272 e. The van der Waals surface area contributed by atoms with Crippen molar-refractivity contribution in [1.82, 2.24) is 14.9 Å². The second-order valence-corrected chi connectivity index (χ2v) is 6.30. The Morgan fingerprint density at radius 2 is 1.76 bits per heavy atom. The fraction of sp³-hybridized carbons (Fsp3) is 0.350. The number of rotatable bonds is 6. The first-order chi connectivity index (χ1) is 12.1. The topological polar surface area (TPSA) is 66.1 Å². The monoisotopic (exact) mass is 337 g/mol. The van der Waals surface area contributed by atoms with E-state index in [0.717, 1.165) is 29.1 Å². The van der Waals surface area contributed by atoms with Crippen molar-refractivity contribution in [2.45, 2.75) is 33.6 Å². The second-order valence-electron chi connectivity index (χ2n) is 6.30. The lowest BCUT2D eigenvalue weighted by molar-refractivity contribution is 0.0750. The number of pyridine rings is 1. The number of benzene rings is 1. The molecule has 5 heteroatoms. The van der Waals surface area contributed by atoms with E-state index in [0.29, 0.717) is 30.0 Å². The Bertz CT molecular complexity index is 937. The maximum absolute atomic E-state index is 12.9. The summed E-state index contributed by atoms with van der Waals surface area (Å²) in [7, 11) is 0. The number of aromatic amines is 1. The number of ketones is 1. The number of hydrogen-bond acceptors (Lipinski definition) is 3. The average molecular weight is 337 g/mol. The molecule has 0 radical (unpaired) electrons. The van der Waals surface area contributed by atoms with Gasteiger partial charge in [-0.15, -0.1) is 0 Å². The molecule has 0 aliphatic rings. The van der Waals surface area contributed by atoms with Gasteiger partial charge in [0.25, 0.3) is 5.91 Å². The van der Waals surface area contributed by atoms with Gasteiger partial charge < -0.3 is 9.88 Å². The third-order valence-corrected chi connectivity index (χ3v) is 4.32. The third-order valence-electron chi connectivity index (χ3n) is 4.32. The normalized spacial score (nSPS) is 11.2. The number of carbonyl (C=O) groups excluding carboxylic acids is 2. The summed E-state index contributed by atoms with van der Waals surface area (Å²) in [5.74, 6) is -0.262. The molecule has 5 nitrogen and oxygen atoms in total. The van der Waals surface area contributed by atoms with E-state index in [2.05, 4.69) is 9.97 Å². The maximum atomic E-state index is 12.9. The Morgan fingerprint density at radius 3 is 2.40 bits per heavy atom. The number of nitrogens with zero attached hydrogens (tertiary/aromatic N) is 2. The molecule has 0 bridgehead atoms. The molecule has 1 aromatic carbocycles. The van der Waals surface area contributed by atoms with Crippen molar-refractivity contribution in [3.8, 4) is 0 Å². The van der Waals surface area contributed by atoms with Crippen LogP contribution in [0.1, 0.15) is 54.6 Å². The molecule has 2 heterocycles. The van der Waals surface area contributed by atoms with Gasteiger partial charge in [-0.25, -0.2) is 4.98 Å². The third kappa shape index (κ3) is 3.14. The number of aromatic nitrogens is 2. The van der Waals surface area contributed by atoms with Gasteiger partial charge in [0.1, 0.15) is 11.4 Å². The lowest BCUT2D eigenvalue weighted by atomic mass is 10.1. The predicted octanol–water partition coefficient (Wildman–Crippen LogP) is 4.18. The van der Waals surface area contributed by atoms with Crippen molar-refractivity contribution in [3.05, 3.63) is 41.7 Å². The minimum absolute atomic E-state index is 0.113. The zero-order valence-corrected chi connectivity index (χ0v) is 14.9. The largest absolute Gasteiger partial charge is 0.353 e. The molecule has 0 aliphatic heterocycles. The highest BCUT2D eigenvalue weighted by Crippen LogP contribution is 2.28. The summed E-state index contributed by atoms with van der Waals surface area (Å²) < 4.78 is 0. The van der Waals surface area contributed by atoms with Crippen LogP contribution in [0.4, 0.5) is 0 Å². The van der Waals surface area contributed by atoms with E-state index in [4.69, 9.17) is 0 Å². The van der Waals surface area contributed by atoms with Crippen LogP contribution in [-0.2, 0) is 0 Å². The molecular formula is C20H23N3O2. The molecule has 0 aliphatic carbocycles. The van der Waals surface area contributed by atoms with Crippen molar-refractivity contribution in [2.75, 3.05) is 13.1 Å². The van der Waals surface area contributed by atoms with Gasteiger partial charge in [0.05, 0.1) is 5.52 Å². The maximum Gasteiger partial charge on any atom is 0.272 e. The van der Waals surface area contributed by atoms with Crippen molar-refractivity contribution in [1.29, 1.82) is 0 Å². The molecule has 25 heavy (non-hydrogen) atoms. The minimum atomic E-state index is -0.149. The Morgan fingerprint density at radius 1 is 1.08 bits per heavy atom. The van der Waals surface area contributed by atoms with Crippen LogP contribution in [-0.4, -0.2) is 39.6 Å². The summed E-state index contributed by atoms with van der Waals surface area (Å²) in [4.78, 5) is 34.6. The molecule has 0 atom stereocenters. The first-order valence-electron chi connectivity index (χ1n) is 8.78. The summed E-state index contributed by atoms with van der Waals surface area (Å²) in [5.41, 5.74) is 2.29. The zero-order valence-electron chi connectivity index (χ0n) is 14.9. The molecule has 0 saturated heterocycles. The number of nitrogens with one attached hydrogen (secondary N) is 1.